The van der Waals surface area contributed by atoms with Crippen molar-refractivity contribution >= 4 is 5.91 Å². The number of carbonyl (C=O) groups excluding carboxylic acids is 1. The van der Waals surface area contributed by atoms with Crippen molar-refractivity contribution in [1.29, 1.82) is 0 Å². The van der Waals surface area contributed by atoms with E-state index in [0.29, 0.717) is 12.1 Å². The summed E-state index contributed by atoms with van der Waals surface area (Å²) in [5.74, 6) is -0.425. The van der Waals surface area contributed by atoms with Crippen LogP contribution in [0.25, 0.3) is 0 Å². The summed E-state index contributed by atoms with van der Waals surface area (Å²) < 4.78 is 0. The number of primary amides is 1. The molecule has 11 heavy (non-hydrogen) atoms. The van der Waals surface area contributed by atoms with Crippen molar-refractivity contribution in [1.82, 2.24) is 0 Å². The predicted octanol–water partition coefficient (Wildman–Crippen LogP) is 0.244. The SMILES string of the molecule is NCc1ccccc1C(N)=O. The van der Waals surface area contributed by atoms with Crippen LogP contribution in [-0.4, -0.2) is 5.91 Å². The summed E-state index contributed by atoms with van der Waals surface area (Å²) in [5, 5.41) is 0. The van der Waals surface area contributed by atoms with E-state index in [9.17, 15) is 4.79 Å². The lowest BCUT2D eigenvalue weighted by molar-refractivity contribution is 0.0999. The zero-order valence-electron chi connectivity index (χ0n) is 6.08. The van der Waals surface area contributed by atoms with Gasteiger partial charge in [0.15, 0.2) is 0 Å². The van der Waals surface area contributed by atoms with Crippen molar-refractivity contribution < 1.29 is 4.79 Å². The van der Waals surface area contributed by atoms with Crippen molar-refractivity contribution in [3.63, 3.8) is 0 Å². The van der Waals surface area contributed by atoms with E-state index in [1.54, 1.807) is 18.2 Å². The summed E-state index contributed by atoms with van der Waals surface area (Å²) in [4.78, 5) is 10.7. The molecular weight excluding hydrogens is 140 g/mol. The van der Waals surface area contributed by atoms with Crippen molar-refractivity contribution in [2.45, 2.75) is 6.54 Å². The minimum atomic E-state index is -0.425. The molecule has 1 aromatic rings. The van der Waals surface area contributed by atoms with Crippen LogP contribution in [0, 0.1) is 0 Å². The van der Waals surface area contributed by atoms with Gasteiger partial charge in [-0.25, -0.2) is 0 Å². The Hall–Kier alpha value is -1.35. The molecule has 1 aromatic carbocycles. The highest BCUT2D eigenvalue weighted by molar-refractivity contribution is 5.94. The number of benzene rings is 1. The highest BCUT2D eigenvalue weighted by Gasteiger charge is 2.03. The van der Waals surface area contributed by atoms with Crippen LogP contribution >= 0.6 is 0 Å². The highest BCUT2D eigenvalue weighted by atomic mass is 16.1. The second-order valence-electron chi connectivity index (χ2n) is 2.23. The molecule has 4 N–H and O–H groups in total. The molecule has 0 unspecified atom stereocenters. The lowest BCUT2D eigenvalue weighted by Gasteiger charge is -2.01. The van der Waals surface area contributed by atoms with Gasteiger partial charge in [-0.1, -0.05) is 18.2 Å². The fourth-order valence-corrected chi connectivity index (χ4v) is 0.939. The monoisotopic (exact) mass is 150 g/mol. The van der Waals surface area contributed by atoms with Gasteiger partial charge in [0.25, 0.3) is 0 Å². The number of rotatable bonds is 2. The summed E-state index contributed by atoms with van der Waals surface area (Å²) in [6.07, 6.45) is 0. The van der Waals surface area contributed by atoms with Crippen LogP contribution in [0.5, 0.6) is 0 Å². The van der Waals surface area contributed by atoms with Crippen LogP contribution in [0.4, 0.5) is 0 Å². The minimum absolute atomic E-state index is 0.346. The average Bonchev–Trinajstić information content (AvgIpc) is 2.04. The molecule has 0 aliphatic rings. The fraction of sp³-hybridized carbons (Fsp3) is 0.125. The van der Waals surface area contributed by atoms with E-state index in [4.69, 9.17) is 11.5 Å². The third-order valence-corrected chi connectivity index (χ3v) is 1.50. The molecule has 0 fully saturated rings. The molecule has 0 heterocycles. The Kier molecular flexibility index (Phi) is 2.23. The fourth-order valence-electron chi connectivity index (χ4n) is 0.939. The third-order valence-electron chi connectivity index (χ3n) is 1.50. The van der Waals surface area contributed by atoms with E-state index in [2.05, 4.69) is 0 Å². The maximum Gasteiger partial charge on any atom is 0.249 e. The Labute approximate surface area is 65.0 Å². The Morgan fingerprint density at radius 3 is 2.45 bits per heavy atom. The molecular formula is C8H10N2O. The zero-order chi connectivity index (χ0) is 8.27. The molecule has 0 saturated carbocycles. The van der Waals surface area contributed by atoms with Gasteiger partial charge in [-0.3, -0.25) is 4.79 Å². The average molecular weight is 150 g/mol. The standard InChI is InChI=1S/C8H10N2O/c9-5-6-3-1-2-4-7(6)8(10)11/h1-4H,5,9H2,(H2,10,11). The van der Waals surface area contributed by atoms with E-state index in [1.165, 1.54) is 0 Å². The Balaban J connectivity index is 3.12. The first-order chi connectivity index (χ1) is 5.25. The van der Waals surface area contributed by atoms with Gasteiger partial charge in [0.05, 0.1) is 0 Å². The predicted molar refractivity (Wildman–Crippen MR) is 42.9 cm³/mol. The summed E-state index contributed by atoms with van der Waals surface area (Å²) >= 11 is 0. The summed E-state index contributed by atoms with van der Waals surface area (Å²) in [6, 6.07) is 7.05. The molecule has 0 saturated heterocycles. The molecule has 0 spiro atoms. The number of amides is 1. The number of nitrogens with two attached hydrogens (primary N) is 2. The summed E-state index contributed by atoms with van der Waals surface area (Å²) in [6.45, 7) is 0.346. The van der Waals surface area contributed by atoms with E-state index in [1.807, 2.05) is 6.07 Å². The molecule has 0 radical (unpaired) electrons. The molecule has 0 atom stereocenters. The van der Waals surface area contributed by atoms with Crippen molar-refractivity contribution in [3.05, 3.63) is 35.4 Å². The molecule has 1 amide bonds. The zero-order valence-corrected chi connectivity index (χ0v) is 6.08. The van der Waals surface area contributed by atoms with Crippen molar-refractivity contribution in [3.8, 4) is 0 Å². The topological polar surface area (TPSA) is 69.1 Å². The third kappa shape index (κ3) is 1.56. The second-order valence-corrected chi connectivity index (χ2v) is 2.23. The Morgan fingerprint density at radius 2 is 2.00 bits per heavy atom. The number of carbonyl (C=O) groups is 1. The van der Waals surface area contributed by atoms with E-state index >= 15 is 0 Å². The molecule has 0 aliphatic heterocycles. The van der Waals surface area contributed by atoms with Gasteiger partial charge < -0.3 is 11.5 Å². The van der Waals surface area contributed by atoms with Gasteiger partial charge in [0.2, 0.25) is 5.91 Å². The first kappa shape index (κ1) is 7.75. The van der Waals surface area contributed by atoms with Crippen LogP contribution in [0.1, 0.15) is 15.9 Å². The summed E-state index contributed by atoms with van der Waals surface area (Å²) in [5.41, 5.74) is 11.8. The lowest BCUT2D eigenvalue weighted by atomic mass is 10.1. The van der Waals surface area contributed by atoms with Crippen LogP contribution in [0.15, 0.2) is 24.3 Å². The van der Waals surface area contributed by atoms with Gasteiger partial charge in [-0.05, 0) is 11.6 Å². The highest BCUT2D eigenvalue weighted by Crippen LogP contribution is 2.05. The maximum atomic E-state index is 10.7. The molecule has 58 valence electrons. The van der Waals surface area contributed by atoms with Crippen LogP contribution in [0.3, 0.4) is 0 Å². The number of hydrogen-bond donors (Lipinski definition) is 2. The first-order valence-electron chi connectivity index (χ1n) is 3.33. The Bertz CT molecular complexity index is 271. The molecule has 3 nitrogen and oxygen atoms in total. The smallest absolute Gasteiger partial charge is 0.249 e. The molecule has 0 aliphatic carbocycles. The van der Waals surface area contributed by atoms with Gasteiger partial charge in [-0.15, -0.1) is 0 Å². The van der Waals surface area contributed by atoms with Crippen molar-refractivity contribution in [2.24, 2.45) is 11.5 Å². The molecule has 0 bridgehead atoms. The summed E-state index contributed by atoms with van der Waals surface area (Å²) in [7, 11) is 0. The lowest BCUT2D eigenvalue weighted by Crippen LogP contribution is -2.15. The van der Waals surface area contributed by atoms with E-state index in [0.717, 1.165) is 5.56 Å². The van der Waals surface area contributed by atoms with E-state index in [-0.39, 0.29) is 0 Å². The van der Waals surface area contributed by atoms with Crippen LogP contribution < -0.4 is 11.5 Å². The largest absolute Gasteiger partial charge is 0.366 e. The number of hydrogen-bond acceptors (Lipinski definition) is 2. The first-order valence-corrected chi connectivity index (χ1v) is 3.33. The molecule has 1 rings (SSSR count). The van der Waals surface area contributed by atoms with Gasteiger partial charge in [0.1, 0.15) is 0 Å². The normalized spacial score (nSPS) is 9.55. The van der Waals surface area contributed by atoms with Gasteiger partial charge in [0, 0.05) is 12.1 Å². The van der Waals surface area contributed by atoms with Gasteiger partial charge in [-0.2, -0.15) is 0 Å². The van der Waals surface area contributed by atoms with Crippen LogP contribution in [-0.2, 0) is 6.54 Å². The van der Waals surface area contributed by atoms with E-state index < -0.39 is 5.91 Å². The van der Waals surface area contributed by atoms with Crippen molar-refractivity contribution in [2.75, 3.05) is 0 Å². The Morgan fingerprint density at radius 1 is 1.36 bits per heavy atom. The molecule has 0 aromatic heterocycles. The van der Waals surface area contributed by atoms with Gasteiger partial charge >= 0.3 is 0 Å². The quantitative estimate of drug-likeness (QED) is 0.634. The molecule has 3 heteroatoms. The van der Waals surface area contributed by atoms with Crippen LogP contribution in [0.2, 0.25) is 0 Å². The second kappa shape index (κ2) is 3.16. The minimum Gasteiger partial charge on any atom is -0.366 e. The maximum absolute atomic E-state index is 10.7.